The normalized spacial score (nSPS) is 15.6. The fourth-order valence-corrected chi connectivity index (χ4v) is 4.81. The number of carbonyl (C=O) groups is 1. The largest absolute Gasteiger partial charge is 0.322 e. The molecule has 1 heterocycles. The van der Waals surface area contributed by atoms with E-state index in [-0.39, 0.29) is 10.8 Å². The monoisotopic (exact) mass is 372 g/mol. The standard InChI is InChI=1S/C20H24N2O3S/c1-15-8-6-9-16(2)19(15)21-20(23)17-10-7-11-18(14-17)26(24,25)22-12-4-3-5-13-22/h6-11,14H,3-5,12-13H2,1-2H3,(H,21,23). The van der Waals surface area contributed by atoms with Gasteiger partial charge in [0.15, 0.2) is 0 Å². The van der Waals surface area contributed by atoms with E-state index < -0.39 is 10.0 Å². The number of nitrogens with one attached hydrogen (secondary N) is 1. The molecule has 5 nitrogen and oxygen atoms in total. The van der Waals surface area contributed by atoms with E-state index in [1.54, 1.807) is 18.2 Å². The summed E-state index contributed by atoms with van der Waals surface area (Å²) >= 11 is 0. The summed E-state index contributed by atoms with van der Waals surface area (Å²) in [7, 11) is -3.55. The van der Waals surface area contributed by atoms with E-state index in [0.29, 0.717) is 18.7 Å². The number of carbonyl (C=O) groups excluding carboxylic acids is 1. The smallest absolute Gasteiger partial charge is 0.255 e. The second-order valence-corrected chi connectivity index (χ2v) is 8.65. The lowest BCUT2D eigenvalue weighted by atomic mass is 10.1. The predicted octanol–water partition coefficient (Wildman–Crippen LogP) is 3.73. The van der Waals surface area contributed by atoms with Crippen molar-refractivity contribution in [1.29, 1.82) is 0 Å². The lowest BCUT2D eigenvalue weighted by Crippen LogP contribution is -2.35. The molecule has 1 amide bonds. The summed E-state index contributed by atoms with van der Waals surface area (Å²) in [6, 6.07) is 12.1. The number of para-hydroxylation sites is 1. The molecule has 0 atom stereocenters. The Morgan fingerprint density at radius 3 is 2.23 bits per heavy atom. The summed E-state index contributed by atoms with van der Waals surface area (Å²) in [6.45, 7) is 4.95. The minimum atomic E-state index is -3.55. The number of piperidine rings is 1. The van der Waals surface area contributed by atoms with Crippen LogP contribution in [0.15, 0.2) is 47.4 Å². The van der Waals surface area contributed by atoms with E-state index in [1.807, 2.05) is 32.0 Å². The van der Waals surface area contributed by atoms with Gasteiger partial charge < -0.3 is 5.32 Å². The zero-order valence-corrected chi connectivity index (χ0v) is 16.0. The average molecular weight is 372 g/mol. The van der Waals surface area contributed by atoms with Crippen LogP contribution in [0.1, 0.15) is 40.7 Å². The van der Waals surface area contributed by atoms with E-state index >= 15 is 0 Å². The molecule has 2 aromatic carbocycles. The molecule has 138 valence electrons. The molecule has 1 aliphatic heterocycles. The van der Waals surface area contributed by atoms with Gasteiger partial charge in [-0.15, -0.1) is 0 Å². The van der Waals surface area contributed by atoms with Crippen molar-refractivity contribution in [2.45, 2.75) is 38.0 Å². The minimum absolute atomic E-state index is 0.175. The Bertz CT molecular complexity index is 896. The molecule has 26 heavy (non-hydrogen) atoms. The Hall–Kier alpha value is -2.18. The fourth-order valence-electron chi connectivity index (χ4n) is 3.25. The van der Waals surface area contributed by atoms with Gasteiger partial charge in [0.1, 0.15) is 0 Å². The van der Waals surface area contributed by atoms with Crippen LogP contribution in [0.4, 0.5) is 5.69 Å². The van der Waals surface area contributed by atoms with E-state index in [4.69, 9.17) is 0 Å². The van der Waals surface area contributed by atoms with Gasteiger partial charge >= 0.3 is 0 Å². The van der Waals surface area contributed by atoms with Gasteiger partial charge in [0, 0.05) is 24.3 Å². The Kier molecular flexibility index (Phi) is 5.44. The van der Waals surface area contributed by atoms with Gasteiger partial charge in [0.25, 0.3) is 5.91 Å². The number of rotatable bonds is 4. The Labute approximate surface area is 155 Å². The highest BCUT2D eigenvalue weighted by molar-refractivity contribution is 7.89. The van der Waals surface area contributed by atoms with E-state index in [9.17, 15) is 13.2 Å². The van der Waals surface area contributed by atoms with Crippen molar-refractivity contribution < 1.29 is 13.2 Å². The van der Waals surface area contributed by atoms with Crippen LogP contribution in [0.5, 0.6) is 0 Å². The van der Waals surface area contributed by atoms with Crippen molar-refractivity contribution in [1.82, 2.24) is 4.31 Å². The molecule has 1 saturated heterocycles. The van der Waals surface area contributed by atoms with Gasteiger partial charge in [0.05, 0.1) is 4.90 Å². The number of hydrogen-bond donors (Lipinski definition) is 1. The molecule has 0 spiro atoms. The molecule has 0 saturated carbocycles. The molecule has 3 rings (SSSR count). The van der Waals surface area contributed by atoms with Crippen LogP contribution in [0.3, 0.4) is 0 Å². The quantitative estimate of drug-likeness (QED) is 0.889. The molecule has 2 aromatic rings. The second-order valence-electron chi connectivity index (χ2n) is 6.71. The number of amides is 1. The summed E-state index contributed by atoms with van der Waals surface area (Å²) in [5, 5.41) is 2.91. The van der Waals surface area contributed by atoms with Gasteiger partial charge in [-0.1, -0.05) is 30.7 Å². The summed E-state index contributed by atoms with van der Waals surface area (Å²) < 4.78 is 27.2. The van der Waals surface area contributed by atoms with Gasteiger partial charge in [0.2, 0.25) is 10.0 Å². The Morgan fingerprint density at radius 1 is 0.962 bits per heavy atom. The molecular formula is C20H24N2O3S. The summed E-state index contributed by atoms with van der Waals surface area (Å²) in [4.78, 5) is 12.8. The first-order chi connectivity index (χ1) is 12.4. The third kappa shape index (κ3) is 3.81. The average Bonchev–Trinajstić information content (AvgIpc) is 2.65. The highest BCUT2D eigenvalue weighted by Crippen LogP contribution is 2.23. The fraction of sp³-hybridized carbons (Fsp3) is 0.350. The van der Waals surface area contributed by atoms with Crippen LogP contribution >= 0.6 is 0 Å². The number of nitrogens with zero attached hydrogens (tertiary/aromatic N) is 1. The lowest BCUT2D eigenvalue weighted by molar-refractivity contribution is 0.102. The van der Waals surface area contributed by atoms with Crippen molar-refractivity contribution in [3.05, 3.63) is 59.2 Å². The first-order valence-corrected chi connectivity index (χ1v) is 10.3. The van der Waals surface area contributed by atoms with Crippen LogP contribution in [-0.2, 0) is 10.0 Å². The van der Waals surface area contributed by atoms with Gasteiger partial charge in [-0.05, 0) is 56.0 Å². The van der Waals surface area contributed by atoms with Gasteiger partial charge in [-0.3, -0.25) is 4.79 Å². The highest BCUT2D eigenvalue weighted by Gasteiger charge is 2.26. The van der Waals surface area contributed by atoms with Crippen LogP contribution in [0, 0.1) is 13.8 Å². The van der Waals surface area contributed by atoms with Crippen molar-refractivity contribution in [3.63, 3.8) is 0 Å². The predicted molar refractivity (Wildman–Crippen MR) is 103 cm³/mol. The summed E-state index contributed by atoms with van der Waals surface area (Å²) in [6.07, 6.45) is 2.82. The van der Waals surface area contributed by atoms with E-state index in [2.05, 4.69) is 5.32 Å². The molecule has 1 aliphatic rings. The van der Waals surface area contributed by atoms with E-state index in [0.717, 1.165) is 36.1 Å². The highest BCUT2D eigenvalue weighted by atomic mass is 32.2. The summed E-state index contributed by atoms with van der Waals surface area (Å²) in [5.41, 5.74) is 3.04. The molecule has 0 aromatic heterocycles. The maximum atomic E-state index is 12.8. The van der Waals surface area contributed by atoms with Crippen molar-refractivity contribution in [2.24, 2.45) is 0 Å². The molecule has 0 bridgehead atoms. The Morgan fingerprint density at radius 2 is 1.58 bits per heavy atom. The maximum absolute atomic E-state index is 12.8. The number of aryl methyl sites for hydroxylation is 2. The maximum Gasteiger partial charge on any atom is 0.255 e. The van der Waals surface area contributed by atoms with Gasteiger partial charge in [-0.25, -0.2) is 8.42 Å². The van der Waals surface area contributed by atoms with Crippen LogP contribution in [0.2, 0.25) is 0 Å². The first kappa shape index (κ1) is 18.6. The minimum Gasteiger partial charge on any atom is -0.322 e. The van der Waals surface area contributed by atoms with Crippen molar-refractivity contribution >= 4 is 21.6 Å². The lowest BCUT2D eigenvalue weighted by Gasteiger charge is -2.26. The van der Waals surface area contributed by atoms with Crippen LogP contribution in [0.25, 0.3) is 0 Å². The van der Waals surface area contributed by atoms with Crippen molar-refractivity contribution in [2.75, 3.05) is 18.4 Å². The zero-order chi connectivity index (χ0) is 18.7. The zero-order valence-electron chi connectivity index (χ0n) is 15.2. The molecule has 6 heteroatoms. The van der Waals surface area contributed by atoms with Crippen LogP contribution in [-0.4, -0.2) is 31.7 Å². The van der Waals surface area contributed by atoms with Crippen LogP contribution < -0.4 is 5.32 Å². The topological polar surface area (TPSA) is 66.5 Å². The number of sulfonamides is 1. The SMILES string of the molecule is Cc1cccc(C)c1NC(=O)c1cccc(S(=O)(=O)N2CCCCC2)c1. The van der Waals surface area contributed by atoms with Crippen molar-refractivity contribution in [3.8, 4) is 0 Å². The number of benzene rings is 2. The molecule has 0 radical (unpaired) electrons. The molecule has 1 fully saturated rings. The summed E-state index contributed by atoms with van der Waals surface area (Å²) in [5.74, 6) is -0.307. The second kappa shape index (κ2) is 7.60. The Balaban J connectivity index is 1.86. The third-order valence-corrected chi connectivity index (χ3v) is 6.66. The van der Waals surface area contributed by atoms with Gasteiger partial charge in [-0.2, -0.15) is 4.31 Å². The van der Waals surface area contributed by atoms with E-state index in [1.165, 1.54) is 10.4 Å². The third-order valence-electron chi connectivity index (χ3n) is 4.77. The molecule has 1 N–H and O–H groups in total. The molecular weight excluding hydrogens is 348 g/mol. The first-order valence-electron chi connectivity index (χ1n) is 8.87. The molecule has 0 aliphatic carbocycles. The molecule has 0 unspecified atom stereocenters. The number of anilines is 1. The number of hydrogen-bond acceptors (Lipinski definition) is 3.